The molecule has 1 aliphatic rings. The lowest BCUT2D eigenvalue weighted by Crippen LogP contribution is -2.49. The number of ether oxygens (including phenoxy) is 1. The topological polar surface area (TPSA) is 76.0 Å². The van der Waals surface area contributed by atoms with Gasteiger partial charge in [0.15, 0.2) is 20.7 Å². The highest BCUT2D eigenvalue weighted by molar-refractivity contribution is 6.74. The zero-order valence-corrected chi connectivity index (χ0v) is 12.8. The van der Waals surface area contributed by atoms with Crippen LogP contribution in [-0.4, -0.2) is 43.0 Å². The third-order valence-electron chi connectivity index (χ3n) is 3.81. The largest absolute Gasteiger partial charge is 0.479 e. The maximum absolute atomic E-state index is 10.9. The third kappa shape index (κ3) is 3.78. The van der Waals surface area contributed by atoms with Crippen LogP contribution in [0, 0.1) is 0 Å². The van der Waals surface area contributed by atoms with Gasteiger partial charge in [-0.3, -0.25) is 0 Å². The highest BCUT2D eigenvalue weighted by Gasteiger charge is 2.42. The maximum atomic E-state index is 10.9. The summed E-state index contributed by atoms with van der Waals surface area (Å²) in [6.07, 6.45) is -1.61. The lowest BCUT2D eigenvalue weighted by molar-refractivity contribution is -0.202. The Labute approximate surface area is 109 Å². The van der Waals surface area contributed by atoms with Crippen LogP contribution in [0.2, 0.25) is 18.1 Å². The minimum atomic E-state index is -1.95. The van der Waals surface area contributed by atoms with Gasteiger partial charge in [0.1, 0.15) is 0 Å². The molecule has 1 heterocycles. The van der Waals surface area contributed by atoms with Gasteiger partial charge in [-0.2, -0.15) is 0 Å². The molecule has 0 unspecified atom stereocenters. The zero-order valence-electron chi connectivity index (χ0n) is 11.8. The summed E-state index contributed by atoms with van der Waals surface area (Å²) in [5.74, 6) is -1.04. The first kappa shape index (κ1) is 15.6. The van der Waals surface area contributed by atoms with E-state index in [9.17, 15) is 9.90 Å². The molecule has 0 aromatic heterocycles. The standard InChI is InChI=1S/C12H24O5Si/c1-12(2,3)18(4,5)17-8-6-9(11(14)15)16-10(13)7-8/h8-10,13H,6-7H2,1-5H3,(H,14,15)/t8-,9-,10+/m0/s1. The van der Waals surface area contributed by atoms with E-state index in [0.717, 1.165) is 0 Å². The lowest BCUT2D eigenvalue weighted by atomic mass is 10.1. The van der Waals surface area contributed by atoms with Crippen molar-refractivity contribution in [3.63, 3.8) is 0 Å². The summed E-state index contributed by atoms with van der Waals surface area (Å²) in [7, 11) is -1.95. The molecule has 0 spiro atoms. The molecule has 5 nitrogen and oxygen atoms in total. The molecular formula is C12H24O5Si. The average molecular weight is 276 g/mol. The number of aliphatic carboxylic acids is 1. The molecule has 0 amide bonds. The molecule has 0 bridgehead atoms. The Hall–Kier alpha value is -0.433. The first-order chi connectivity index (χ1) is 8.03. The summed E-state index contributed by atoms with van der Waals surface area (Å²) in [6.45, 7) is 10.6. The second kappa shape index (κ2) is 5.28. The highest BCUT2D eigenvalue weighted by atomic mass is 28.4. The van der Waals surface area contributed by atoms with Crippen molar-refractivity contribution < 1.29 is 24.2 Å². The van der Waals surface area contributed by atoms with Gasteiger partial charge >= 0.3 is 5.97 Å². The van der Waals surface area contributed by atoms with E-state index in [1.54, 1.807) is 0 Å². The van der Waals surface area contributed by atoms with E-state index >= 15 is 0 Å². The van der Waals surface area contributed by atoms with E-state index < -0.39 is 26.7 Å². The predicted molar refractivity (Wildman–Crippen MR) is 69.8 cm³/mol. The number of aliphatic hydroxyl groups is 1. The number of aliphatic hydroxyl groups excluding tert-OH is 1. The first-order valence-electron chi connectivity index (χ1n) is 6.27. The summed E-state index contributed by atoms with van der Waals surface area (Å²) < 4.78 is 11.1. The van der Waals surface area contributed by atoms with Crippen molar-refractivity contribution in [3.05, 3.63) is 0 Å². The van der Waals surface area contributed by atoms with Crippen molar-refractivity contribution in [1.29, 1.82) is 0 Å². The number of rotatable bonds is 3. The van der Waals surface area contributed by atoms with Crippen LogP contribution in [0.15, 0.2) is 0 Å². The second-order valence-corrected chi connectivity index (χ2v) is 11.1. The summed E-state index contributed by atoms with van der Waals surface area (Å²) in [6, 6.07) is 0. The van der Waals surface area contributed by atoms with Crippen LogP contribution in [-0.2, 0) is 14.0 Å². The summed E-state index contributed by atoms with van der Waals surface area (Å²) >= 11 is 0. The Morgan fingerprint density at radius 2 is 1.89 bits per heavy atom. The molecule has 0 aromatic carbocycles. The van der Waals surface area contributed by atoms with Gasteiger partial charge in [0, 0.05) is 12.8 Å². The first-order valence-corrected chi connectivity index (χ1v) is 9.18. The molecule has 0 radical (unpaired) electrons. The monoisotopic (exact) mass is 276 g/mol. The quantitative estimate of drug-likeness (QED) is 0.771. The van der Waals surface area contributed by atoms with Crippen LogP contribution in [0.5, 0.6) is 0 Å². The van der Waals surface area contributed by atoms with Gasteiger partial charge in [0.25, 0.3) is 0 Å². The van der Waals surface area contributed by atoms with Crippen LogP contribution in [0.3, 0.4) is 0 Å². The SMILES string of the molecule is CC(C)(C)[Si](C)(C)O[C@H]1C[C@@H](C(=O)O)O[C@@H](O)C1. The van der Waals surface area contributed by atoms with Crippen molar-refractivity contribution >= 4 is 14.3 Å². The van der Waals surface area contributed by atoms with E-state index in [-0.39, 0.29) is 11.1 Å². The van der Waals surface area contributed by atoms with Gasteiger partial charge in [-0.1, -0.05) is 20.8 Å². The van der Waals surface area contributed by atoms with Crippen LogP contribution in [0.1, 0.15) is 33.6 Å². The minimum Gasteiger partial charge on any atom is -0.479 e. The summed E-state index contributed by atoms with van der Waals surface area (Å²) in [5, 5.41) is 18.6. The molecule has 3 atom stereocenters. The van der Waals surface area contributed by atoms with Crippen molar-refractivity contribution in [2.45, 2.75) is 70.2 Å². The third-order valence-corrected chi connectivity index (χ3v) is 8.34. The molecule has 1 saturated heterocycles. The van der Waals surface area contributed by atoms with Gasteiger partial charge in [-0.05, 0) is 18.1 Å². The fourth-order valence-electron chi connectivity index (χ4n) is 1.71. The van der Waals surface area contributed by atoms with Crippen LogP contribution in [0.25, 0.3) is 0 Å². The van der Waals surface area contributed by atoms with Gasteiger partial charge in [-0.15, -0.1) is 0 Å². The smallest absolute Gasteiger partial charge is 0.333 e. The van der Waals surface area contributed by atoms with E-state index in [0.29, 0.717) is 12.8 Å². The highest BCUT2D eigenvalue weighted by Crippen LogP contribution is 2.39. The van der Waals surface area contributed by atoms with E-state index in [4.69, 9.17) is 14.3 Å². The molecule has 1 fully saturated rings. The van der Waals surface area contributed by atoms with Gasteiger partial charge < -0.3 is 19.4 Å². The number of carbonyl (C=O) groups is 1. The Morgan fingerprint density at radius 1 is 1.33 bits per heavy atom. The number of carboxylic acid groups (broad SMARTS) is 1. The maximum Gasteiger partial charge on any atom is 0.333 e. The molecule has 0 aromatic rings. The van der Waals surface area contributed by atoms with Crippen molar-refractivity contribution in [2.24, 2.45) is 0 Å². The summed E-state index contributed by atoms with van der Waals surface area (Å²) in [4.78, 5) is 10.9. The van der Waals surface area contributed by atoms with Crippen molar-refractivity contribution in [1.82, 2.24) is 0 Å². The van der Waals surface area contributed by atoms with Crippen LogP contribution in [0.4, 0.5) is 0 Å². The Kier molecular flexibility index (Phi) is 4.59. The Bertz CT molecular complexity index is 310. The van der Waals surface area contributed by atoms with Crippen molar-refractivity contribution in [2.75, 3.05) is 0 Å². The number of carboxylic acids is 1. The second-order valence-electron chi connectivity index (χ2n) is 6.39. The lowest BCUT2D eigenvalue weighted by Gasteiger charge is -2.41. The number of hydrogen-bond acceptors (Lipinski definition) is 4. The molecule has 0 saturated carbocycles. The molecule has 6 heteroatoms. The predicted octanol–water partition coefficient (Wildman–Crippen LogP) is 1.96. The van der Waals surface area contributed by atoms with Gasteiger partial charge in [-0.25, -0.2) is 4.79 Å². The molecular weight excluding hydrogens is 252 g/mol. The molecule has 1 aliphatic heterocycles. The minimum absolute atomic E-state index is 0.0645. The molecule has 106 valence electrons. The zero-order chi connectivity index (χ0) is 14.1. The van der Waals surface area contributed by atoms with E-state index in [1.807, 2.05) is 0 Å². The van der Waals surface area contributed by atoms with Gasteiger partial charge in [0.2, 0.25) is 0 Å². The van der Waals surface area contributed by atoms with E-state index in [2.05, 4.69) is 33.9 Å². The fraction of sp³-hybridized carbons (Fsp3) is 0.917. The Balaban J connectivity index is 2.70. The number of hydrogen-bond donors (Lipinski definition) is 2. The van der Waals surface area contributed by atoms with Gasteiger partial charge in [0.05, 0.1) is 6.10 Å². The Morgan fingerprint density at radius 3 is 2.33 bits per heavy atom. The normalized spacial score (nSPS) is 30.2. The molecule has 0 aliphatic carbocycles. The summed E-state index contributed by atoms with van der Waals surface area (Å²) in [5.41, 5.74) is 0. The molecule has 1 rings (SSSR count). The van der Waals surface area contributed by atoms with Crippen LogP contribution < -0.4 is 0 Å². The van der Waals surface area contributed by atoms with Crippen molar-refractivity contribution in [3.8, 4) is 0 Å². The van der Waals surface area contributed by atoms with Crippen LogP contribution >= 0.6 is 0 Å². The molecule has 2 N–H and O–H groups in total. The fourth-order valence-corrected chi connectivity index (χ4v) is 3.09. The average Bonchev–Trinajstić information content (AvgIpc) is 2.13. The van der Waals surface area contributed by atoms with E-state index in [1.165, 1.54) is 0 Å². The molecule has 18 heavy (non-hydrogen) atoms.